The fraction of sp³-hybridized carbons (Fsp3) is 0.400. The van der Waals surface area contributed by atoms with Crippen molar-refractivity contribution in [3.63, 3.8) is 0 Å². The van der Waals surface area contributed by atoms with Gasteiger partial charge in [0.15, 0.2) is 5.65 Å². The van der Waals surface area contributed by atoms with E-state index in [1.165, 1.54) is 0 Å². The smallest absolute Gasteiger partial charge is 0.223 e. The van der Waals surface area contributed by atoms with Crippen molar-refractivity contribution in [3.8, 4) is 11.5 Å². The number of benzene rings is 1. The molecule has 9 nitrogen and oxygen atoms in total. The lowest BCUT2D eigenvalue weighted by atomic mass is 9.96. The predicted molar refractivity (Wildman–Crippen MR) is 107 cm³/mol. The number of hydrogen-bond donors (Lipinski definition) is 1. The number of nitrogens with zero attached hydrogens (tertiary/aromatic N) is 5. The minimum Gasteiger partial charge on any atom is -0.497 e. The number of fused-ring (bicyclic) bond motifs is 1. The second kappa shape index (κ2) is 8.34. The summed E-state index contributed by atoms with van der Waals surface area (Å²) >= 11 is 0. The van der Waals surface area contributed by atoms with Gasteiger partial charge in [0.05, 0.1) is 14.2 Å². The van der Waals surface area contributed by atoms with Crippen LogP contribution in [0.2, 0.25) is 0 Å². The van der Waals surface area contributed by atoms with Gasteiger partial charge in [-0.2, -0.15) is 4.52 Å². The number of anilines is 1. The van der Waals surface area contributed by atoms with E-state index in [2.05, 4.69) is 25.5 Å². The molecule has 0 bridgehead atoms. The second-order valence-corrected chi connectivity index (χ2v) is 6.98. The largest absolute Gasteiger partial charge is 0.497 e. The van der Waals surface area contributed by atoms with Gasteiger partial charge < -0.3 is 19.7 Å². The van der Waals surface area contributed by atoms with Crippen molar-refractivity contribution in [2.24, 2.45) is 5.92 Å². The van der Waals surface area contributed by atoms with Crippen LogP contribution in [0.1, 0.15) is 18.4 Å². The minimum absolute atomic E-state index is 0.00543. The summed E-state index contributed by atoms with van der Waals surface area (Å²) in [6, 6.07) is 9.44. The molecule has 1 saturated heterocycles. The standard InChI is InChI=1S/C20H24N6O3/c1-28-16-4-3-15(17(11-16)29-2)12-21-20(27)14-7-9-25(10-8-14)19-6-5-18-23-22-13-26(18)24-19/h3-6,11,13-14H,7-10,12H2,1-2H3,(H,21,27). The SMILES string of the molecule is COc1ccc(CNC(=O)C2CCN(c3ccc4nncn4n3)CC2)c(OC)c1. The maximum atomic E-state index is 12.6. The third kappa shape index (κ3) is 4.08. The van der Waals surface area contributed by atoms with E-state index in [4.69, 9.17) is 9.47 Å². The molecule has 1 fully saturated rings. The van der Waals surface area contributed by atoms with E-state index in [1.807, 2.05) is 30.3 Å². The summed E-state index contributed by atoms with van der Waals surface area (Å²) in [5, 5.41) is 15.4. The first-order chi connectivity index (χ1) is 14.2. The molecule has 1 N–H and O–H groups in total. The van der Waals surface area contributed by atoms with E-state index in [0.29, 0.717) is 12.3 Å². The van der Waals surface area contributed by atoms with Crippen molar-refractivity contribution in [3.05, 3.63) is 42.2 Å². The second-order valence-electron chi connectivity index (χ2n) is 6.98. The monoisotopic (exact) mass is 396 g/mol. The Bertz CT molecular complexity index is 997. The first-order valence-corrected chi connectivity index (χ1v) is 9.58. The Hall–Kier alpha value is -3.36. The topological polar surface area (TPSA) is 93.9 Å². The molecule has 0 unspecified atom stereocenters. The molecule has 29 heavy (non-hydrogen) atoms. The fourth-order valence-corrected chi connectivity index (χ4v) is 3.58. The summed E-state index contributed by atoms with van der Waals surface area (Å²) < 4.78 is 12.3. The Morgan fingerprint density at radius 1 is 1.17 bits per heavy atom. The first-order valence-electron chi connectivity index (χ1n) is 9.58. The van der Waals surface area contributed by atoms with Crippen LogP contribution in [-0.2, 0) is 11.3 Å². The zero-order chi connectivity index (χ0) is 20.2. The maximum Gasteiger partial charge on any atom is 0.223 e. The van der Waals surface area contributed by atoms with Crippen molar-refractivity contribution in [1.82, 2.24) is 25.1 Å². The number of carbonyl (C=O) groups is 1. The normalized spacial score (nSPS) is 14.8. The van der Waals surface area contributed by atoms with Gasteiger partial charge in [-0.3, -0.25) is 4.79 Å². The molecule has 4 rings (SSSR count). The number of carbonyl (C=O) groups excluding carboxylic acids is 1. The summed E-state index contributed by atoms with van der Waals surface area (Å²) in [5.74, 6) is 2.37. The Labute approximate surface area is 168 Å². The van der Waals surface area contributed by atoms with E-state index in [0.717, 1.165) is 48.7 Å². The van der Waals surface area contributed by atoms with Gasteiger partial charge >= 0.3 is 0 Å². The number of aromatic nitrogens is 4. The molecular formula is C20H24N6O3. The molecule has 0 spiro atoms. The number of amides is 1. The van der Waals surface area contributed by atoms with Crippen LogP contribution >= 0.6 is 0 Å². The van der Waals surface area contributed by atoms with Gasteiger partial charge in [-0.15, -0.1) is 15.3 Å². The van der Waals surface area contributed by atoms with Crippen LogP contribution in [0.15, 0.2) is 36.7 Å². The van der Waals surface area contributed by atoms with Gasteiger partial charge in [-0.25, -0.2) is 0 Å². The molecule has 1 amide bonds. The van der Waals surface area contributed by atoms with Gasteiger partial charge in [-0.05, 0) is 37.1 Å². The molecule has 3 aromatic rings. The Morgan fingerprint density at radius 3 is 2.76 bits per heavy atom. The molecule has 0 atom stereocenters. The molecule has 0 aliphatic carbocycles. The molecule has 1 aliphatic rings. The van der Waals surface area contributed by atoms with E-state index in [9.17, 15) is 4.79 Å². The minimum atomic E-state index is -0.00543. The highest BCUT2D eigenvalue weighted by Gasteiger charge is 2.26. The summed E-state index contributed by atoms with van der Waals surface area (Å²) in [4.78, 5) is 14.8. The lowest BCUT2D eigenvalue weighted by Crippen LogP contribution is -2.40. The van der Waals surface area contributed by atoms with Crippen LogP contribution in [0.3, 0.4) is 0 Å². The summed E-state index contributed by atoms with van der Waals surface area (Å²) in [6.45, 7) is 1.99. The van der Waals surface area contributed by atoms with Crippen LogP contribution in [0.5, 0.6) is 11.5 Å². The van der Waals surface area contributed by atoms with Crippen LogP contribution < -0.4 is 19.7 Å². The Balaban J connectivity index is 1.32. The molecular weight excluding hydrogens is 372 g/mol. The molecule has 1 aromatic carbocycles. The van der Waals surface area contributed by atoms with Gasteiger partial charge in [0, 0.05) is 37.2 Å². The van der Waals surface area contributed by atoms with Crippen molar-refractivity contribution >= 4 is 17.4 Å². The Kier molecular flexibility index (Phi) is 5.46. The number of hydrogen-bond acceptors (Lipinski definition) is 7. The predicted octanol–water partition coefficient (Wildman–Crippen LogP) is 1.67. The first kappa shape index (κ1) is 19.0. The molecule has 0 radical (unpaired) electrons. The van der Waals surface area contributed by atoms with Crippen LogP contribution in [0, 0.1) is 5.92 Å². The third-order valence-corrected chi connectivity index (χ3v) is 5.28. The van der Waals surface area contributed by atoms with Gasteiger partial charge in [0.2, 0.25) is 5.91 Å². The summed E-state index contributed by atoms with van der Waals surface area (Å²) in [5.41, 5.74) is 1.64. The average Bonchev–Trinajstić information content (AvgIpc) is 3.25. The lowest BCUT2D eigenvalue weighted by molar-refractivity contribution is -0.125. The summed E-state index contributed by atoms with van der Waals surface area (Å²) in [6.07, 6.45) is 3.16. The van der Waals surface area contributed by atoms with E-state index in [-0.39, 0.29) is 11.8 Å². The van der Waals surface area contributed by atoms with Crippen molar-refractivity contribution < 1.29 is 14.3 Å². The average molecular weight is 396 g/mol. The summed E-state index contributed by atoms with van der Waals surface area (Å²) in [7, 11) is 3.23. The van der Waals surface area contributed by atoms with Gasteiger partial charge in [0.25, 0.3) is 0 Å². The molecule has 2 aromatic heterocycles. The van der Waals surface area contributed by atoms with Gasteiger partial charge in [0.1, 0.15) is 23.6 Å². The van der Waals surface area contributed by atoms with E-state index >= 15 is 0 Å². The number of piperidine rings is 1. The highest BCUT2D eigenvalue weighted by atomic mass is 16.5. The highest BCUT2D eigenvalue weighted by molar-refractivity contribution is 5.79. The Morgan fingerprint density at radius 2 is 2.00 bits per heavy atom. The molecule has 0 saturated carbocycles. The van der Waals surface area contributed by atoms with E-state index in [1.54, 1.807) is 25.1 Å². The zero-order valence-electron chi connectivity index (χ0n) is 16.5. The zero-order valence-corrected chi connectivity index (χ0v) is 16.5. The van der Waals surface area contributed by atoms with Gasteiger partial charge in [-0.1, -0.05) is 0 Å². The highest BCUT2D eigenvalue weighted by Crippen LogP contribution is 2.25. The molecule has 9 heteroatoms. The maximum absolute atomic E-state index is 12.6. The molecule has 1 aliphatic heterocycles. The van der Waals surface area contributed by atoms with Crippen molar-refractivity contribution in [1.29, 1.82) is 0 Å². The van der Waals surface area contributed by atoms with Crippen molar-refractivity contribution in [2.75, 3.05) is 32.2 Å². The van der Waals surface area contributed by atoms with E-state index < -0.39 is 0 Å². The number of nitrogens with one attached hydrogen (secondary N) is 1. The fourth-order valence-electron chi connectivity index (χ4n) is 3.58. The van der Waals surface area contributed by atoms with Crippen LogP contribution in [0.4, 0.5) is 5.82 Å². The quantitative estimate of drug-likeness (QED) is 0.677. The number of ether oxygens (including phenoxy) is 2. The number of methoxy groups -OCH3 is 2. The lowest BCUT2D eigenvalue weighted by Gasteiger charge is -2.32. The van der Waals surface area contributed by atoms with Crippen molar-refractivity contribution in [2.45, 2.75) is 19.4 Å². The van der Waals surface area contributed by atoms with Crippen LogP contribution in [-0.4, -0.2) is 53.0 Å². The molecule has 152 valence electrons. The van der Waals surface area contributed by atoms with Crippen LogP contribution in [0.25, 0.3) is 5.65 Å². The molecule has 3 heterocycles. The third-order valence-electron chi connectivity index (χ3n) is 5.28. The number of rotatable bonds is 6.